The Bertz CT molecular complexity index is 747. The number of hydrogen-bond donors (Lipinski definition) is 1. The van der Waals surface area contributed by atoms with Crippen LogP contribution in [0.4, 0.5) is 13.2 Å². The second kappa shape index (κ2) is 7.18. The summed E-state index contributed by atoms with van der Waals surface area (Å²) in [6.07, 6.45) is 3.79. The number of rotatable bonds is 6. The average molecular weight is 345 g/mol. The Morgan fingerprint density at radius 3 is 2.48 bits per heavy atom. The summed E-state index contributed by atoms with van der Waals surface area (Å²) >= 11 is 0. The van der Waals surface area contributed by atoms with E-state index in [-0.39, 0.29) is 18.0 Å². The highest BCUT2D eigenvalue weighted by molar-refractivity contribution is 7.94. The van der Waals surface area contributed by atoms with Gasteiger partial charge in [-0.2, -0.15) is 13.2 Å². The first-order chi connectivity index (χ1) is 10.8. The Labute approximate surface area is 133 Å². The molecule has 0 aliphatic heterocycles. The van der Waals surface area contributed by atoms with Crippen molar-refractivity contribution in [1.29, 1.82) is 0 Å². The normalized spacial score (nSPS) is 14.4. The zero-order valence-electron chi connectivity index (χ0n) is 12.6. The lowest BCUT2D eigenvalue weighted by Crippen LogP contribution is -2.25. The van der Waals surface area contributed by atoms with Gasteiger partial charge >= 0.3 is 5.51 Å². The minimum Gasteiger partial charge on any atom is -0.357 e. The van der Waals surface area contributed by atoms with Gasteiger partial charge in [-0.1, -0.05) is 18.2 Å². The molecule has 0 saturated carbocycles. The van der Waals surface area contributed by atoms with Crippen molar-refractivity contribution >= 4 is 9.73 Å². The van der Waals surface area contributed by atoms with Gasteiger partial charge in [-0.25, -0.2) is 8.57 Å². The zero-order chi connectivity index (χ0) is 16.9. The summed E-state index contributed by atoms with van der Waals surface area (Å²) in [5.41, 5.74) is -3.87. The first-order valence-electron chi connectivity index (χ1n) is 6.99. The van der Waals surface area contributed by atoms with Crippen molar-refractivity contribution in [2.75, 3.05) is 13.1 Å². The molecule has 1 atom stereocenters. The van der Waals surface area contributed by atoms with Crippen molar-refractivity contribution in [3.05, 3.63) is 54.4 Å². The van der Waals surface area contributed by atoms with Gasteiger partial charge in [0.15, 0.2) is 9.73 Å². The average Bonchev–Trinajstić information content (AvgIpc) is 2.92. The molecule has 126 valence electrons. The molecule has 0 aliphatic carbocycles. The van der Waals surface area contributed by atoms with Gasteiger partial charge in [0, 0.05) is 32.5 Å². The van der Waals surface area contributed by atoms with Crippen LogP contribution >= 0.6 is 0 Å². The number of aryl methyl sites for hydroxylation is 1. The van der Waals surface area contributed by atoms with E-state index >= 15 is 0 Å². The van der Waals surface area contributed by atoms with E-state index in [1.54, 1.807) is 6.07 Å². The molecule has 0 fully saturated rings. The van der Waals surface area contributed by atoms with Crippen molar-refractivity contribution < 1.29 is 17.4 Å². The number of alkyl halides is 3. The van der Waals surface area contributed by atoms with E-state index in [9.17, 15) is 17.4 Å². The van der Waals surface area contributed by atoms with Gasteiger partial charge in [0.1, 0.15) is 0 Å². The molecule has 23 heavy (non-hydrogen) atoms. The fourth-order valence-corrected chi connectivity index (χ4v) is 3.47. The Hall–Kier alpha value is -1.80. The van der Waals surface area contributed by atoms with Crippen LogP contribution in [0.5, 0.6) is 0 Å². The molecular weight excluding hydrogens is 327 g/mol. The molecule has 1 aromatic heterocycles. The van der Waals surface area contributed by atoms with Crippen LogP contribution in [0.2, 0.25) is 0 Å². The smallest absolute Gasteiger partial charge is 0.357 e. The second-order valence-electron chi connectivity index (χ2n) is 5.00. The standard InChI is InChI=1S/C15H18F3N3OS/c1-21-10-7-13(12-21)11-19-8-9-20-23(22,15(16,17)18)14-5-3-2-4-6-14/h2-7,10,12,19H,8-9,11H2,1H3. The fourth-order valence-electron chi connectivity index (χ4n) is 2.04. The molecule has 8 heteroatoms. The number of hydrogen-bond acceptors (Lipinski definition) is 3. The van der Waals surface area contributed by atoms with Crippen molar-refractivity contribution in [2.45, 2.75) is 16.9 Å². The fraction of sp³-hybridized carbons (Fsp3) is 0.333. The highest BCUT2D eigenvalue weighted by Gasteiger charge is 2.44. The first-order valence-corrected chi connectivity index (χ1v) is 8.50. The van der Waals surface area contributed by atoms with Crippen LogP contribution in [0.15, 0.2) is 58.1 Å². The maximum atomic E-state index is 13.2. The molecule has 4 nitrogen and oxygen atoms in total. The monoisotopic (exact) mass is 345 g/mol. The molecule has 2 rings (SSSR count). The van der Waals surface area contributed by atoms with E-state index in [1.807, 2.05) is 30.1 Å². The highest BCUT2D eigenvalue weighted by Crippen LogP contribution is 2.32. The predicted octanol–water partition coefficient (Wildman–Crippen LogP) is 3.16. The van der Waals surface area contributed by atoms with Crippen LogP contribution in [-0.2, 0) is 23.3 Å². The molecular formula is C15H18F3N3OS. The third-order valence-corrected chi connectivity index (χ3v) is 5.25. The number of benzene rings is 1. The summed E-state index contributed by atoms with van der Waals surface area (Å²) < 4.78 is 57.2. The minimum atomic E-state index is -4.90. The Kier molecular flexibility index (Phi) is 5.48. The molecule has 1 heterocycles. The Morgan fingerprint density at radius 1 is 1.22 bits per heavy atom. The maximum absolute atomic E-state index is 13.2. The molecule has 0 spiro atoms. The van der Waals surface area contributed by atoms with Gasteiger partial charge in [0.05, 0.1) is 11.4 Å². The lowest BCUT2D eigenvalue weighted by Gasteiger charge is -2.14. The third-order valence-electron chi connectivity index (χ3n) is 3.16. The summed E-state index contributed by atoms with van der Waals surface area (Å²) in [4.78, 5) is -0.310. The maximum Gasteiger partial charge on any atom is 0.483 e. The summed E-state index contributed by atoms with van der Waals surface area (Å²) in [5.74, 6) is 0. The van der Waals surface area contributed by atoms with Crippen molar-refractivity contribution in [3.63, 3.8) is 0 Å². The van der Waals surface area contributed by atoms with Crippen LogP contribution in [0.25, 0.3) is 0 Å². The van der Waals surface area contributed by atoms with Crippen molar-refractivity contribution in [2.24, 2.45) is 11.4 Å². The molecule has 0 bridgehead atoms. The first kappa shape index (κ1) is 17.6. The van der Waals surface area contributed by atoms with Gasteiger partial charge in [-0.3, -0.25) is 0 Å². The summed E-state index contributed by atoms with van der Waals surface area (Å²) in [5, 5.41) is 2.99. The Morgan fingerprint density at radius 2 is 1.91 bits per heavy atom. The van der Waals surface area contributed by atoms with E-state index < -0.39 is 15.2 Å². The molecule has 0 radical (unpaired) electrons. The van der Waals surface area contributed by atoms with E-state index in [2.05, 4.69) is 9.68 Å². The number of nitrogens with one attached hydrogen (secondary N) is 1. The predicted molar refractivity (Wildman–Crippen MR) is 83.3 cm³/mol. The molecule has 1 aromatic carbocycles. The van der Waals surface area contributed by atoms with Crippen LogP contribution in [-0.4, -0.2) is 27.4 Å². The Balaban J connectivity index is 2.03. The molecule has 2 aromatic rings. The van der Waals surface area contributed by atoms with Crippen LogP contribution in [0.3, 0.4) is 0 Å². The van der Waals surface area contributed by atoms with Gasteiger partial charge < -0.3 is 9.88 Å². The van der Waals surface area contributed by atoms with Crippen molar-refractivity contribution in [1.82, 2.24) is 9.88 Å². The van der Waals surface area contributed by atoms with Gasteiger partial charge in [0.2, 0.25) is 0 Å². The number of aromatic nitrogens is 1. The SMILES string of the molecule is Cn1ccc(CNCCN=S(=O)(c2ccccc2)C(F)(F)F)c1. The van der Waals surface area contributed by atoms with Gasteiger partial charge in [-0.05, 0) is 23.8 Å². The largest absolute Gasteiger partial charge is 0.483 e. The van der Waals surface area contributed by atoms with Crippen molar-refractivity contribution in [3.8, 4) is 0 Å². The van der Waals surface area contributed by atoms with Gasteiger partial charge in [-0.15, -0.1) is 0 Å². The topological polar surface area (TPSA) is 46.4 Å². The van der Waals surface area contributed by atoms with Crippen LogP contribution in [0, 0.1) is 0 Å². The summed E-state index contributed by atoms with van der Waals surface area (Å²) in [7, 11) is -2.56. The lowest BCUT2D eigenvalue weighted by atomic mass is 10.3. The molecule has 1 unspecified atom stereocenters. The third kappa shape index (κ3) is 4.35. The van der Waals surface area contributed by atoms with E-state index in [4.69, 9.17) is 0 Å². The zero-order valence-corrected chi connectivity index (χ0v) is 13.4. The highest BCUT2D eigenvalue weighted by atomic mass is 32.2. The number of nitrogens with zero attached hydrogens (tertiary/aromatic N) is 2. The van der Waals surface area contributed by atoms with E-state index in [0.29, 0.717) is 6.54 Å². The summed E-state index contributed by atoms with van der Waals surface area (Å²) in [6.45, 7) is 0.559. The van der Waals surface area contributed by atoms with E-state index in [0.717, 1.165) is 5.56 Å². The minimum absolute atomic E-state index is 0.180. The lowest BCUT2D eigenvalue weighted by molar-refractivity contribution is -0.0403. The van der Waals surface area contributed by atoms with Crippen LogP contribution < -0.4 is 5.32 Å². The quantitative estimate of drug-likeness (QED) is 0.818. The molecule has 0 aliphatic rings. The number of halogens is 3. The molecule has 0 amide bonds. The molecule has 1 N–H and O–H groups in total. The second-order valence-corrected chi connectivity index (χ2v) is 7.24. The van der Waals surface area contributed by atoms with Gasteiger partial charge in [0.25, 0.3) is 0 Å². The molecule has 0 saturated heterocycles. The van der Waals surface area contributed by atoms with E-state index in [1.165, 1.54) is 24.3 Å². The van der Waals surface area contributed by atoms with Crippen LogP contribution in [0.1, 0.15) is 5.56 Å². The summed E-state index contributed by atoms with van der Waals surface area (Å²) in [6, 6.07) is 8.70.